The summed E-state index contributed by atoms with van der Waals surface area (Å²) in [6.07, 6.45) is 6.10. The number of ether oxygens (including phenoxy) is 2. The molecule has 4 aromatic rings. The Morgan fingerprint density at radius 1 is 0.895 bits per heavy atom. The fraction of sp³-hybridized carbons (Fsp3) is 0.382. The Morgan fingerprint density at radius 2 is 1.58 bits per heavy atom. The Kier molecular flexibility index (Phi) is 7.60. The van der Waals surface area contributed by atoms with Gasteiger partial charge in [-0.15, -0.1) is 0 Å². The summed E-state index contributed by atoms with van der Waals surface area (Å²) in [5.41, 5.74) is 7.14. The molecule has 1 aliphatic rings. The maximum absolute atomic E-state index is 12.2. The first kappa shape index (κ1) is 26.1. The van der Waals surface area contributed by atoms with Crippen LogP contribution in [0.2, 0.25) is 0 Å². The van der Waals surface area contributed by atoms with E-state index in [1.54, 1.807) is 0 Å². The minimum Gasteiger partial charge on any atom is -0.490 e. The van der Waals surface area contributed by atoms with Gasteiger partial charge in [0, 0.05) is 16.8 Å². The molecule has 38 heavy (non-hydrogen) atoms. The highest BCUT2D eigenvalue weighted by Crippen LogP contribution is 2.32. The van der Waals surface area contributed by atoms with Crippen LogP contribution in [0.5, 0.6) is 5.75 Å². The van der Waals surface area contributed by atoms with Gasteiger partial charge in [0.05, 0.1) is 24.6 Å². The SMILES string of the molecule is CCOC(=O)CCc1cc2cc(-c3ccc(C(C)(C)C)cc3)ccc2n1-c1ccc(OC2CCCC2)cc1. The van der Waals surface area contributed by atoms with Crippen LogP contribution in [0.15, 0.2) is 72.8 Å². The number of hydrogen-bond acceptors (Lipinski definition) is 3. The van der Waals surface area contributed by atoms with E-state index >= 15 is 0 Å². The third-order valence-corrected chi connectivity index (χ3v) is 7.55. The summed E-state index contributed by atoms with van der Waals surface area (Å²) < 4.78 is 13.7. The molecule has 0 atom stereocenters. The van der Waals surface area contributed by atoms with Crippen LogP contribution in [-0.2, 0) is 21.4 Å². The molecule has 0 saturated heterocycles. The van der Waals surface area contributed by atoms with Gasteiger partial charge in [-0.1, -0.05) is 51.1 Å². The molecule has 1 saturated carbocycles. The molecule has 0 aliphatic heterocycles. The zero-order valence-electron chi connectivity index (χ0n) is 23.1. The summed E-state index contributed by atoms with van der Waals surface area (Å²) in [5, 5.41) is 1.16. The summed E-state index contributed by atoms with van der Waals surface area (Å²) in [7, 11) is 0. The lowest BCUT2D eigenvalue weighted by Gasteiger charge is -2.19. The standard InChI is InChI=1S/C34H39NO3/c1-5-37-33(36)21-17-29-23-26-22-25(24-10-13-27(14-11-24)34(2,3)4)12-20-32(26)35(29)28-15-18-31(19-16-28)38-30-8-6-7-9-30/h10-16,18-20,22-23,30H,5-9,17,21H2,1-4H3. The van der Waals surface area contributed by atoms with E-state index in [4.69, 9.17) is 9.47 Å². The highest BCUT2D eigenvalue weighted by molar-refractivity contribution is 5.88. The molecule has 5 rings (SSSR count). The lowest BCUT2D eigenvalue weighted by Crippen LogP contribution is -2.11. The van der Waals surface area contributed by atoms with Gasteiger partial charge in [-0.2, -0.15) is 0 Å². The number of aromatic nitrogens is 1. The van der Waals surface area contributed by atoms with Crippen molar-refractivity contribution in [2.24, 2.45) is 0 Å². The maximum atomic E-state index is 12.2. The minimum atomic E-state index is -0.163. The van der Waals surface area contributed by atoms with E-state index in [-0.39, 0.29) is 11.4 Å². The second-order valence-electron chi connectivity index (χ2n) is 11.4. The van der Waals surface area contributed by atoms with Crippen molar-refractivity contribution in [1.82, 2.24) is 4.57 Å². The Balaban J connectivity index is 1.48. The summed E-state index contributed by atoms with van der Waals surface area (Å²) in [5.74, 6) is 0.760. The third-order valence-electron chi connectivity index (χ3n) is 7.55. The highest BCUT2D eigenvalue weighted by atomic mass is 16.5. The number of benzene rings is 3. The fourth-order valence-electron chi connectivity index (χ4n) is 5.44. The molecule has 0 unspecified atom stereocenters. The molecule has 198 valence electrons. The number of carbonyl (C=O) groups excluding carboxylic acids is 1. The highest BCUT2D eigenvalue weighted by Gasteiger charge is 2.18. The predicted molar refractivity (Wildman–Crippen MR) is 155 cm³/mol. The van der Waals surface area contributed by atoms with Gasteiger partial charge >= 0.3 is 5.97 Å². The Hall–Kier alpha value is -3.53. The Morgan fingerprint density at radius 3 is 2.24 bits per heavy atom. The van der Waals surface area contributed by atoms with Crippen molar-refractivity contribution in [3.05, 3.63) is 84.1 Å². The Labute approximate surface area is 226 Å². The van der Waals surface area contributed by atoms with Crippen molar-refractivity contribution < 1.29 is 14.3 Å². The summed E-state index contributed by atoms with van der Waals surface area (Å²) in [6.45, 7) is 8.97. The zero-order chi connectivity index (χ0) is 26.7. The van der Waals surface area contributed by atoms with Crippen molar-refractivity contribution in [2.45, 2.75) is 77.7 Å². The van der Waals surface area contributed by atoms with E-state index in [9.17, 15) is 4.79 Å². The normalized spacial score (nSPS) is 14.2. The topological polar surface area (TPSA) is 40.5 Å². The number of rotatable bonds is 8. The average Bonchev–Trinajstić information content (AvgIpc) is 3.55. The molecule has 0 amide bonds. The van der Waals surface area contributed by atoms with Gasteiger partial charge in [-0.25, -0.2) is 0 Å². The van der Waals surface area contributed by atoms with Gasteiger partial charge in [0.15, 0.2) is 0 Å². The number of hydrogen-bond donors (Lipinski definition) is 0. The van der Waals surface area contributed by atoms with Crippen LogP contribution in [0.4, 0.5) is 0 Å². The number of fused-ring (bicyclic) bond motifs is 1. The molecule has 3 aromatic carbocycles. The van der Waals surface area contributed by atoms with E-state index in [0.717, 1.165) is 40.9 Å². The third kappa shape index (κ3) is 5.80. The van der Waals surface area contributed by atoms with Gasteiger partial charge in [-0.3, -0.25) is 4.79 Å². The van der Waals surface area contributed by atoms with Crippen molar-refractivity contribution in [1.29, 1.82) is 0 Å². The van der Waals surface area contributed by atoms with Gasteiger partial charge < -0.3 is 14.0 Å². The van der Waals surface area contributed by atoms with Crippen LogP contribution in [-0.4, -0.2) is 23.2 Å². The quantitative estimate of drug-likeness (QED) is 0.224. The van der Waals surface area contributed by atoms with E-state index in [1.165, 1.54) is 29.5 Å². The van der Waals surface area contributed by atoms with Crippen LogP contribution >= 0.6 is 0 Å². The molecule has 0 N–H and O–H groups in total. The van der Waals surface area contributed by atoms with Crippen LogP contribution in [0.1, 0.15) is 71.1 Å². The number of esters is 1. The molecular weight excluding hydrogens is 470 g/mol. The molecular formula is C34H39NO3. The zero-order valence-corrected chi connectivity index (χ0v) is 23.1. The van der Waals surface area contributed by atoms with Gasteiger partial charge in [-0.05, 0) is 104 Å². The summed E-state index contributed by atoms with van der Waals surface area (Å²) in [6, 6.07) is 26.1. The monoisotopic (exact) mass is 509 g/mol. The lowest BCUT2D eigenvalue weighted by molar-refractivity contribution is -0.143. The first-order valence-electron chi connectivity index (χ1n) is 14.0. The molecule has 1 heterocycles. The summed E-state index contributed by atoms with van der Waals surface area (Å²) in [4.78, 5) is 12.2. The van der Waals surface area contributed by atoms with Crippen LogP contribution in [0.3, 0.4) is 0 Å². The van der Waals surface area contributed by atoms with E-state index in [1.807, 2.05) is 6.92 Å². The smallest absolute Gasteiger partial charge is 0.306 e. The van der Waals surface area contributed by atoms with Crippen LogP contribution in [0.25, 0.3) is 27.7 Å². The van der Waals surface area contributed by atoms with Crippen molar-refractivity contribution >= 4 is 16.9 Å². The van der Waals surface area contributed by atoms with Crippen molar-refractivity contribution in [3.63, 3.8) is 0 Å². The number of carbonyl (C=O) groups is 1. The Bertz CT molecular complexity index is 1380. The first-order valence-corrected chi connectivity index (χ1v) is 14.0. The van der Waals surface area contributed by atoms with Crippen molar-refractivity contribution in [3.8, 4) is 22.6 Å². The van der Waals surface area contributed by atoms with Crippen molar-refractivity contribution in [2.75, 3.05) is 6.61 Å². The average molecular weight is 510 g/mol. The maximum Gasteiger partial charge on any atom is 0.306 e. The first-order chi connectivity index (χ1) is 18.3. The summed E-state index contributed by atoms with van der Waals surface area (Å²) >= 11 is 0. The van der Waals surface area contributed by atoms with E-state index in [2.05, 4.69) is 98.1 Å². The second-order valence-corrected chi connectivity index (χ2v) is 11.4. The molecule has 1 aliphatic carbocycles. The number of aryl methyl sites for hydroxylation is 1. The van der Waals surface area contributed by atoms with Gasteiger partial charge in [0.2, 0.25) is 0 Å². The minimum absolute atomic E-state index is 0.130. The predicted octanol–water partition coefficient (Wildman–Crippen LogP) is 8.41. The van der Waals surface area contributed by atoms with Gasteiger partial charge in [0.25, 0.3) is 0 Å². The molecule has 0 radical (unpaired) electrons. The number of nitrogens with zero attached hydrogens (tertiary/aromatic N) is 1. The lowest BCUT2D eigenvalue weighted by atomic mass is 9.86. The second kappa shape index (κ2) is 11.1. The van der Waals surface area contributed by atoms with E-state index < -0.39 is 0 Å². The largest absolute Gasteiger partial charge is 0.490 e. The molecule has 1 aromatic heterocycles. The molecule has 0 bridgehead atoms. The fourth-order valence-corrected chi connectivity index (χ4v) is 5.44. The molecule has 4 nitrogen and oxygen atoms in total. The molecule has 4 heteroatoms. The van der Waals surface area contributed by atoms with Gasteiger partial charge in [0.1, 0.15) is 5.75 Å². The molecule has 0 spiro atoms. The van der Waals surface area contributed by atoms with Crippen LogP contribution in [0, 0.1) is 0 Å². The van der Waals surface area contributed by atoms with E-state index in [0.29, 0.717) is 25.6 Å². The molecule has 1 fully saturated rings. The van der Waals surface area contributed by atoms with Crippen LogP contribution < -0.4 is 4.74 Å².